The summed E-state index contributed by atoms with van der Waals surface area (Å²) < 4.78 is 0. The van der Waals surface area contributed by atoms with E-state index in [1.165, 1.54) is 18.2 Å². The van der Waals surface area contributed by atoms with E-state index in [4.69, 9.17) is 0 Å². The van der Waals surface area contributed by atoms with E-state index >= 15 is 0 Å². The second kappa shape index (κ2) is 5.90. The van der Waals surface area contributed by atoms with E-state index in [9.17, 15) is 25.3 Å². The molecular weight excluding hydrogens is 228 g/mol. The maximum absolute atomic E-state index is 10.5. The zero-order valence-electron chi connectivity index (χ0n) is 8.98. The van der Waals surface area contributed by atoms with Crippen LogP contribution in [0.25, 0.3) is 0 Å². The largest absolute Gasteiger partial charge is 0.388 e. The number of hydrogen-bond donors (Lipinski definition) is 1. The Morgan fingerprint density at radius 3 is 2.59 bits per heavy atom. The van der Waals surface area contributed by atoms with Crippen LogP contribution in [0.2, 0.25) is 0 Å². The Kier molecular flexibility index (Phi) is 4.53. The first-order valence-corrected chi connectivity index (χ1v) is 5.05. The van der Waals surface area contributed by atoms with E-state index in [0.717, 1.165) is 0 Å². The minimum atomic E-state index is -0.908. The number of rotatable bonds is 6. The van der Waals surface area contributed by atoms with Gasteiger partial charge in [-0.1, -0.05) is 12.1 Å². The zero-order chi connectivity index (χ0) is 12.8. The highest BCUT2D eigenvalue weighted by Gasteiger charge is 2.13. The summed E-state index contributed by atoms with van der Waals surface area (Å²) in [6.45, 7) is -0.216. The van der Waals surface area contributed by atoms with Gasteiger partial charge in [0.25, 0.3) is 5.69 Å². The van der Waals surface area contributed by atoms with Gasteiger partial charge in [0.1, 0.15) is 0 Å². The van der Waals surface area contributed by atoms with E-state index in [0.29, 0.717) is 5.56 Å². The second-order valence-corrected chi connectivity index (χ2v) is 3.57. The maximum atomic E-state index is 10.5. The predicted octanol–water partition coefficient (Wildman–Crippen LogP) is 1.69. The van der Waals surface area contributed by atoms with Crippen molar-refractivity contribution in [2.75, 3.05) is 6.54 Å². The molecule has 17 heavy (non-hydrogen) atoms. The summed E-state index contributed by atoms with van der Waals surface area (Å²) in [6.07, 6.45) is -0.464. The van der Waals surface area contributed by atoms with Gasteiger partial charge in [-0.2, -0.15) is 0 Å². The summed E-state index contributed by atoms with van der Waals surface area (Å²) in [4.78, 5) is 19.6. The van der Waals surface area contributed by atoms with Gasteiger partial charge in [-0.25, -0.2) is 0 Å². The van der Waals surface area contributed by atoms with Crippen LogP contribution in [0, 0.1) is 20.2 Å². The van der Waals surface area contributed by atoms with Crippen LogP contribution in [0.1, 0.15) is 24.5 Å². The van der Waals surface area contributed by atoms with Crippen LogP contribution in [-0.4, -0.2) is 21.5 Å². The molecule has 1 aromatic carbocycles. The van der Waals surface area contributed by atoms with Crippen LogP contribution >= 0.6 is 0 Å². The van der Waals surface area contributed by atoms with E-state index < -0.39 is 16.0 Å². The summed E-state index contributed by atoms with van der Waals surface area (Å²) in [7, 11) is 0. The average molecular weight is 240 g/mol. The Balaban J connectivity index is 2.62. The predicted molar refractivity (Wildman–Crippen MR) is 59.2 cm³/mol. The molecule has 0 radical (unpaired) electrons. The van der Waals surface area contributed by atoms with Gasteiger partial charge < -0.3 is 5.11 Å². The van der Waals surface area contributed by atoms with Crippen molar-refractivity contribution >= 4 is 5.69 Å². The molecule has 0 spiro atoms. The quantitative estimate of drug-likeness (QED) is 0.601. The average Bonchev–Trinajstić information content (AvgIpc) is 2.28. The van der Waals surface area contributed by atoms with Crippen molar-refractivity contribution in [1.82, 2.24) is 0 Å². The fraction of sp³-hybridized carbons (Fsp3) is 0.400. The van der Waals surface area contributed by atoms with Gasteiger partial charge in [0.15, 0.2) is 0 Å². The van der Waals surface area contributed by atoms with Gasteiger partial charge in [-0.05, 0) is 12.0 Å². The molecule has 1 N–H and O–H groups in total. The van der Waals surface area contributed by atoms with Crippen LogP contribution in [0.3, 0.4) is 0 Å². The van der Waals surface area contributed by atoms with Crippen LogP contribution < -0.4 is 0 Å². The molecule has 0 aromatic heterocycles. The first-order valence-electron chi connectivity index (χ1n) is 5.05. The van der Waals surface area contributed by atoms with E-state index in [2.05, 4.69) is 0 Å². The lowest BCUT2D eigenvalue weighted by Gasteiger charge is -2.08. The molecule has 0 aliphatic carbocycles. The Morgan fingerprint density at radius 1 is 1.29 bits per heavy atom. The third-order valence-electron chi connectivity index (χ3n) is 2.28. The second-order valence-electron chi connectivity index (χ2n) is 3.57. The van der Waals surface area contributed by atoms with E-state index in [1.54, 1.807) is 6.07 Å². The van der Waals surface area contributed by atoms with Crippen LogP contribution in [-0.2, 0) is 0 Å². The minimum Gasteiger partial charge on any atom is -0.388 e. The lowest BCUT2D eigenvalue weighted by atomic mass is 10.0. The highest BCUT2D eigenvalue weighted by molar-refractivity contribution is 5.35. The smallest absolute Gasteiger partial charge is 0.269 e. The normalized spacial score (nSPS) is 12.1. The van der Waals surface area contributed by atoms with Crippen LogP contribution in [0.5, 0.6) is 0 Å². The molecule has 0 aliphatic rings. The fourth-order valence-corrected chi connectivity index (χ4v) is 1.43. The maximum Gasteiger partial charge on any atom is 0.269 e. The molecule has 7 heteroatoms. The van der Waals surface area contributed by atoms with Gasteiger partial charge in [0.2, 0.25) is 6.54 Å². The summed E-state index contributed by atoms with van der Waals surface area (Å²) >= 11 is 0. The SMILES string of the molecule is O=[N+]([O-])CCC[C@@H](O)c1cccc([N+](=O)[O-])c1. The molecule has 1 rings (SSSR count). The molecule has 92 valence electrons. The molecule has 0 unspecified atom stereocenters. The molecular formula is C10H12N2O5. The molecule has 1 atom stereocenters. The van der Waals surface area contributed by atoms with Gasteiger partial charge in [0.05, 0.1) is 11.0 Å². The van der Waals surface area contributed by atoms with Gasteiger partial charge in [0, 0.05) is 23.5 Å². The third kappa shape index (κ3) is 4.15. The highest BCUT2D eigenvalue weighted by Crippen LogP contribution is 2.22. The van der Waals surface area contributed by atoms with Crippen molar-refractivity contribution < 1.29 is 15.0 Å². The molecule has 0 saturated carbocycles. The first kappa shape index (κ1) is 13.0. The Hall–Kier alpha value is -2.02. The molecule has 1 aromatic rings. The summed E-state index contributed by atoms with van der Waals surface area (Å²) in [5.74, 6) is 0. The van der Waals surface area contributed by atoms with Gasteiger partial charge >= 0.3 is 0 Å². The highest BCUT2D eigenvalue weighted by atomic mass is 16.6. The monoisotopic (exact) mass is 240 g/mol. The number of nitrogens with zero attached hydrogens (tertiary/aromatic N) is 2. The minimum absolute atomic E-state index is 0.101. The van der Waals surface area contributed by atoms with Crippen molar-refractivity contribution in [3.8, 4) is 0 Å². The molecule has 0 heterocycles. The van der Waals surface area contributed by atoms with Crippen LogP contribution in [0.4, 0.5) is 5.69 Å². The summed E-state index contributed by atoms with van der Waals surface area (Å²) in [6, 6.07) is 5.64. The Bertz CT molecular complexity index is 421. The number of non-ortho nitro benzene ring substituents is 1. The summed E-state index contributed by atoms with van der Waals surface area (Å²) in [5.41, 5.74) is 0.304. The molecule has 0 fully saturated rings. The van der Waals surface area contributed by atoms with E-state index in [-0.39, 0.29) is 25.1 Å². The Morgan fingerprint density at radius 2 is 2.00 bits per heavy atom. The van der Waals surface area contributed by atoms with Crippen molar-refractivity contribution in [1.29, 1.82) is 0 Å². The lowest BCUT2D eigenvalue weighted by molar-refractivity contribution is -0.480. The number of nitro groups is 2. The van der Waals surface area contributed by atoms with Gasteiger partial charge in [-0.15, -0.1) is 0 Å². The van der Waals surface area contributed by atoms with Gasteiger partial charge in [-0.3, -0.25) is 20.2 Å². The molecule has 0 bridgehead atoms. The third-order valence-corrected chi connectivity index (χ3v) is 2.28. The molecule has 0 aliphatic heterocycles. The molecule has 7 nitrogen and oxygen atoms in total. The number of aliphatic hydroxyl groups excluding tert-OH is 1. The number of nitro benzene ring substituents is 1. The van der Waals surface area contributed by atoms with Crippen molar-refractivity contribution in [3.63, 3.8) is 0 Å². The summed E-state index contributed by atoms with van der Waals surface area (Å²) in [5, 5.41) is 30.3. The molecule has 0 saturated heterocycles. The topological polar surface area (TPSA) is 107 Å². The number of aliphatic hydroxyl groups is 1. The van der Waals surface area contributed by atoms with Crippen molar-refractivity contribution in [3.05, 3.63) is 50.1 Å². The zero-order valence-corrected chi connectivity index (χ0v) is 8.98. The Labute approximate surface area is 97.0 Å². The lowest BCUT2D eigenvalue weighted by Crippen LogP contribution is -2.04. The number of hydrogen-bond acceptors (Lipinski definition) is 5. The van der Waals surface area contributed by atoms with E-state index in [1.807, 2.05) is 0 Å². The van der Waals surface area contributed by atoms with Crippen molar-refractivity contribution in [2.45, 2.75) is 18.9 Å². The fourth-order valence-electron chi connectivity index (χ4n) is 1.43. The first-order chi connectivity index (χ1) is 8.00. The standard InChI is InChI=1S/C10H12N2O5/c13-10(5-2-6-11(14)15)8-3-1-4-9(7-8)12(16)17/h1,3-4,7,10,13H,2,5-6H2/t10-/m1/s1. The number of benzene rings is 1. The molecule has 0 amide bonds. The van der Waals surface area contributed by atoms with Crippen molar-refractivity contribution in [2.24, 2.45) is 0 Å². The van der Waals surface area contributed by atoms with Crippen LogP contribution in [0.15, 0.2) is 24.3 Å².